The number of rotatable bonds is 7. The van der Waals surface area contributed by atoms with Crippen molar-refractivity contribution >= 4 is 17.8 Å². The van der Waals surface area contributed by atoms with Crippen molar-refractivity contribution in [2.45, 2.75) is 46.5 Å². The minimum atomic E-state index is -0.335. The average molecular weight is 312 g/mol. The highest BCUT2D eigenvalue weighted by Crippen LogP contribution is 2.14. The largest absolute Gasteiger partial charge is 0.466 e. The Labute approximate surface area is 132 Å². The molecule has 0 aromatic rings. The van der Waals surface area contributed by atoms with Gasteiger partial charge in [-0.15, -0.1) is 0 Å². The number of piperazine rings is 1. The average Bonchev–Trinajstić information content (AvgIpc) is 2.54. The lowest BCUT2D eigenvalue weighted by molar-refractivity contribution is -0.146. The Morgan fingerprint density at radius 2 is 1.45 bits per heavy atom. The zero-order valence-electron chi connectivity index (χ0n) is 14.0. The van der Waals surface area contributed by atoms with E-state index < -0.39 is 0 Å². The molecule has 0 saturated carbocycles. The van der Waals surface area contributed by atoms with Gasteiger partial charge in [-0.05, 0) is 19.8 Å². The van der Waals surface area contributed by atoms with E-state index in [4.69, 9.17) is 4.74 Å². The predicted octanol–water partition coefficient (Wildman–Crippen LogP) is 1.44. The van der Waals surface area contributed by atoms with Crippen LogP contribution in [0, 0.1) is 5.92 Å². The van der Waals surface area contributed by atoms with E-state index in [9.17, 15) is 14.4 Å². The second-order valence-corrected chi connectivity index (χ2v) is 5.52. The van der Waals surface area contributed by atoms with Crippen molar-refractivity contribution in [2.75, 3.05) is 32.8 Å². The van der Waals surface area contributed by atoms with E-state index in [1.54, 1.807) is 11.8 Å². The lowest BCUT2D eigenvalue weighted by Gasteiger charge is -2.36. The van der Waals surface area contributed by atoms with Crippen LogP contribution < -0.4 is 0 Å². The van der Waals surface area contributed by atoms with Crippen molar-refractivity contribution in [2.24, 2.45) is 5.92 Å². The number of esters is 1. The Morgan fingerprint density at radius 3 is 1.95 bits per heavy atom. The molecule has 1 aliphatic heterocycles. The Bertz CT molecular complexity index is 386. The van der Waals surface area contributed by atoms with Crippen molar-refractivity contribution in [1.82, 2.24) is 9.80 Å². The van der Waals surface area contributed by atoms with E-state index in [1.807, 2.05) is 18.7 Å². The van der Waals surface area contributed by atoms with Gasteiger partial charge in [-0.3, -0.25) is 14.4 Å². The number of hydrogen-bond acceptors (Lipinski definition) is 4. The zero-order valence-corrected chi connectivity index (χ0v) is 14.0. The van der Waals surface area contributed by atoms with E-state index in [2.05, 4.69) is 0 Å². The minimum Gasteiger partial charge on any atom is -0.466 e. The number of carbonyl (C=O) groups is 3. The first-order valence-corrected chi connectivity index (χ1v) is 8.25. The molecule has 0 bridgehead atoms. The van der Waals surface area contributed by atoms with Gasteiger partial charge in [0.05, 0.1) is 13.0 Å². The van der Waals surface area contributed by atoms with Gasteiger partial charge >= 0.3 is 5.97 Å². The third-order valence-electron chi connectivity index (χ3n) is 4.13. The summed E-state index contributed by atoms with van der Waals surface area (Å²) < 4.78 is 4.82. The molecule has 0 unspecified atom stereocenters. The molecule has 0 N–H and O–H groups in total. The van der Waals surface area contributed by atoms with Gasteiger partial charge < -0.3 is 14.5 Å². The van der Waals surface area contributed by atoms with Crippen molar-refractivity contribution < 1.29 is 19.1 Å². The number of ether oxygens (including phenoxy) is 1. The van der Waals surface area contributed by atoms with Gasteiger partial charge in [0, 0.05) is 38.5 Å². The molecular formula is C16H28N2O4. The van der Waals surface area contributed by atoms with Crippen molar-refractivity contribution in [1.29, 1.82) is 0 Å². The van der Waals surface area contributed by atoms with E-state index in [0.717, 1.165) is 12.8 Å². The van der Waals surface area contributed by atoms with E-state index in [-0.39, 0.29) is 36.5 Å². The number of carbonyl (C=O) groups excluding carboxylic acids is 3. The predicted molar refractivity (Wildman–Crippen MR) is 83.1 cm³/mol. The lowest BCUT2D eigenvalue weighted by atomic mass is 10.0. The highest BCUT2D eigenvalue weighted by atomic mass is 16.5. The summed E-state index contributed by atoms with van der Waals surface area (Å²) >= 11 is 0. The van der Waals surface area contributed by atoms with Crippen LogP contribution >= 0.6 is 0 Å². The molecule has 0 aromatic carbocycles. The minimum absolute atomic E-state index is 0.0392. The third-order valence-corrected chi connectivity index (χ3v) is 4.13. The maximum atomic E-state index is 12.3. The standard InChI is InChI=1S/C16H28N2O4/c1-4-13(5-2)16(21)18-11-9-17(10-12-18)14(19)7-8-15(20)22-6-3/h13H,4-12H2,1-3H3. The van der Waals surface area contributed by atoms with Crippen LogP contribution in [0.5, 0.6) is 0 Å². The fraction of sp³-hybridized carbons (Fsp3) is 0.812. The van der Waals surface area contributed by atoms with Crippen LogP contribution in [0.15, 0.2) is 0 Å². The molecule has 0 radical (unpaired) electrons. The maximum Gasteiger partial charge on any atom is 0.306 e. The number of amides is 2. The van der Waals surface area contributed by atoms with Gasteiger partial charge in [0.25, 0.3) is 0 Å². The first-order valence-electron chi connectivity index (χ1n) is 8.25. The van der Waals surface area contributed by atoms with Gasteiger partial charge in [0.2, 0.25) is 11.8 Å². The molecule has 126 valence electrons. The van der Waals surface area contributed by atoms with Gasteiger partial charge in [0.1, 0.15) is 0 Å². The Morgan fingerprint density at radius 1 is 0.909 bits per heavy atom. The molecular weight excluding hydrogens is 284 g/mol. The smallest absolute Gasteiger partial charge is 0.306 e. The molecule has 0 aromatic heterocycles. The molecule has 1 fully saturated rings. The fourth-order valence-electron chi connectivity index (χ4n) is 2.67. The SMILES string of the molecule is CCOC(=O)CCC(=O)N1CCN(C(=O)C(CC)CC)CC1. The highest BCUT2D eigenvalue weighted by molar-refractivity contribution is 5.82. The summed E-state index contributed by atoms with van der Waals surface area (Å²) in [4.78, 5) is 39.2. The van der Waals surface area contributed by atoms with E-state index in [1.165, 1.54) is 0 Å². The van der Waals surface area contributed by atoms with Crippen LogP contribution in [0.4, 0.5) is 0 Å². The Balaban J connectivity index is 2.37. The summed E-state index contributed by atoms with van der Waals surface area (Å²) in [6.45, 7) is 8.41. The van der Waals surface area contributed by atoms with Crippen molar-refractivity contribution in [3.63, 3.8) is 0 Å². The van der Waals surface area contributed by atoms with Crippen LogP contribution in [-0.4, -0.2) is 60.4 Å². The molecule has 2 amide bonds. The van der Waals surface area contributed by atoms with Gasteiger partial charge in [-0.25, -0.2) is 0 Å². The molecule has 6 nitrogen and oxygen atoms in total. The lowest BCUT2D eigenvalue weighted by Crippen LogP contribution is -2.51. The summed E-state index contributed by atoms with van der Waals surface area (Å²) in [5, 5.41) is 0. The Hall–Kier alpha value is -1.59. The van der Waals surface area contributed by atoms with E-state index >= 15 is 0 Å². The van der Waals surface area contributed by atoms with Gasteiger partial charge in [-0.2, -0.15) is 0 Å². The molecule has 1 heterocycles. The Kier molecular flexibility index (Phi) is 7.91. The summed E-state index contributed by atoms with van der Waals surface area (Å²) in [5.41, 5.74) is 0. The first kappa shape index (κ1) is 18.5. The summed E-state index contributed by atoms with van der Waals surface area (Å²) in [6, 6.07) is 0. The molecule has 0 spiro atoms. The summed E-state index contributed by atoms with van der Waals surface area (Å²) in [7, 11) is 0. The quantitative estimate of drug-likeness (QED) is 0.667. The maximum absolute atomic E-state index is 12.3. The van der Waals surface area contributed by atoms with Crippen molar-refractivity contribution in [3.8, 4) is 0 Å². The molecule has 0 atom stereocenters. The van der Waals surface area contributed by atoms with Crippen molar-refractivity contribution in [3.05, 3.63) is 0 Å². The second-order valence-electron chi connectivity index (χ2n) is 5.52. The van der Waals surface area contributed by atoms with Crippen LogP contribution in [0.25, 0.3) is 0 Å². The number of nitrogens with zero attached hydrogens (tertiary/aromatic N) is 2. The van der Waals surface area contributed by atoms with Crippen LogP contribution in [-0.2, 0) is 19.1 Å². The topological polar surface area (TPSA) is 66.9 Å². The molecule has 1 rings (SSSR count). The normalized spacial score (nSPS) is 15.1. The van der Waals surface area contributed by atoms with Crippen LogP contribution in [0.3, 0.4) is 0 Å². The van der Waals surface area contributed by atoms with Gasteiger partial charge in [0.15, 0.2) is 0 Å². The molecule has 22 heavy (non-hydrogen) atoms. The van der Waals surface area contributed by atoms with E-state index in [0.29, 0.717) is 32.8 Å². The third kappa shape index (κ3) is 5.31. The molecule has 6 heteroatoms. The fourth-order valence-corrected chi connectivity index (χ4v) is 2.67. The number of hydrogen-bond donors (Lipinski definition) is 0. The molecule has 1 saturated heterocycles. The first-order chi connectivity index (χ1) is 10.5. The zero-order chi connectivity index (χ0) is 16.5. The monoisotopic (exact) mass is 312 g/mol. The van der Waals surface area contributed by atoms with Gasteiger partial charge in [-0.1, -0.05) is 13.8 Å². The molecule has 1 aliphatic rings. The van der Waals surface area contributed by atoms with Crippen LogP contribution in [0.1, 0.15) is 46.5 Å². The molecule has 0 aliphatic carbocycles. The highest BCUT2D eigenvalue weighted by Gasteiger charge is 2.27. The summed E-state index contributed by atoms with van der Waals surface area (Å²) in [6.07, 6.45) is 2.01. The van der Waals surface area contributed by atoms with Crippen LogP contribution in [0.2, 0.25) is 0 Å². The summed E-state index contributed by atoms with van der Waals surface area (Å²) in [5.74, 6) is -0.0872. The second kappa shape index (κ2) is 9.43.